The smallest absolute Gasteiger partial charge is 0.262 e. The van der Waals surface area contributed by atoms with Gasteiger partial charge in [-0.25, -0.2) is 5.01 Å². The van der Waals surface area contributed by atoms with Crippen LogP contribution in [0, 0.1) is 5.92 Å². The topological polar surface area (TPSA) is 85.6 Å². The van der Waals surface area contributed by atoms with Crippen molar-refractivity contribution < 1.29 is 23.8 Å². The van der Waals surface area contributed by atoms with E-state index in [4.69, 9.17) is 19.3 Å². The van der Waals surface area contributed by atoms with Crippen LogP contribution in [0.1, 0.15) is 37.6 Å². The highest BCUT2D eigenvalue weighted by atomic mass is 16.7. The maximum absolute atomic E-state index is 13.5. The van der Waals surface area contributed by atoms with Crippen molar-refractivity contribution in [2.24, 2.45) is 18.1 Å². The first-order valence-electron chi connectivity index (χ1n) is 11.1. The van der Waals surface area contributed by atoms with Gasteiger partial charge in [-0.05, 0) is 29.8 Å². The number of methoxy groups -OCH3 is 1. The Balaban J connectivity index is 1.63. The van der Waals surface area contributed by atoms with E-state index in [1.54, 1.807) is 12.0 Å². The summed E-state index contributed by atoms with van der Waals surface area (Å²) in [6.45, 7) is 4.47. The highest BCUT2D eigenvalue weighted by Crippen LogP contribution is 2.39. The lowest BCUT2D eigenvalue weighted by Gasteiger charge is -2.28. The Morgan fingerprint density at radius 3 is 2.73 bits per heavy atom. The maximum Gasteiger partial charge on any atom is 0.262 e. The third-order valence-electron chi connectivity index (χ3n) is 5.88. The van der Waals surface area contributed by atoms with Crippen molar-refractivity contribution in [2.75, 3.05) is 33.6 Å². The lowest BCUT2D eigenvalue weighted by Crippen LogP contribution is -2.44. The van der Waals surface area contributed by atoms with E-state index in [-0.39, 0.29) is 37.1 Å². The molecule has 9 nitrogen and oxygen atoms in total. The molecule has 0 N–H and O–H groups in total. The Hall–Kier alpha value is -3.33. The van der Waals surface area contributed by atoms with Gasteiger partial charge in [-0.15, -0.1) is 0 Å². The Labute approximate surface area is 193 Å². The monoisotopic (exact) mass is 454 g/mol. The zero-order valence-corrected chi connectivity index (χ0v) is 19.5. The normalized spacial score (nSPS) is 16.9. The van der Waals surface area contributed by atoms with Crippen LogP contribution in [-0.4, -0.2) is 65.6 Å². The molecule has 0 bridgehead atoms. The van der Waals surface area contributed by atoms with E-state index in [1.807, 2.05) is 62.0 Å². The number of fused-ring (bicyclic) bond motifs is 1. The molecule has 0 unspecified atom stereocenters. The third-order valence-corrected chi connectivity index (χ3v) is 5.88. The molecule has 33 heavy (non-hydrogen) atoms. The number of benzene rings is 1. The number of aromatic nitrogens is 1. The molecular formula is C24H30N4O5. The summed E-state index contributed by atoms with van der Waals surface area (Å²) in [5.41, 5.74) is 2.67. The van der Waals surface area contributed by atoms with Gasteiger partial charge in [0.25, 0.3) is 5.91 Å². The number of carbonyl (C=O) groups excluding carboxylic acids is 2. The van der Waals surface area contributed by atoms with E-state index in [9.17, 15) is 9.59 Å². The fourth-order valence-electron chi connectivity index (χ4n) is 4.11. The van der Waals surface area contributed by atoms with Crippen LogP contribution in [0.15, 0.2) is 41.6 Å². The zero-order chi connectivity index (χ0) is 23.5. The highest BCUT2D eigenvalue weighted by molar-refractivity contribution is 6.02. The van der Waals surface area contributed by atoms with Crippen molar-refractivity contribution in [2.45, 2.75) is 26.3 Å². The van der Waals surface area contributed by atoms with Crippen LogP contribution < -0.4 is 9.47 Å². The molecule has 1 aromatic heterocycles. The van der Waals surface area contributed by atoms with E-state index in [0.29, 0.717) is 31.1 Å². The SMILES string of the molecule is COCCN(CC(=O)N1N=C(c2cccn2C)C[C@@H]1c1ccc2c(c1)OCO2)C(=O)C(C)C. The van der Waals surface area contributed by atoms with Gasteiger partial charge < -0.3 is 23.7 Å². The summed E-state index contributed by atoms with van der Waals surface area (Å²) in [6, 6.07) is 9.31. The van der Waals surface area contributed by atoms with Gasteiger partial charge in [0, 0.05) is 39.2 Å². The Morgan fingerprint density at radius 1 is 1.24 bits per heavy atom. The van der Waals surface area contributed by atoms with Crippen molar-refractivity contribution in [3.8, 4) is 11.5 Å². The molecule has 2 aliphatic rings. The van der Waals surface area contributed by atoms with Gasteiger partial charge in [-0.1, -0.05) is 19.9 Å². The molecule has 9 heteroatoms. The van der Waals surface area contributed by atoms with Gasteiger partial charge in [-0.3, -0.25) is 9.59 Å². The van der Waals surface area contributed by atoms with E-state index >= 15 is 0 Å². The molecule has 2 aromatic rings. The lowest BCUT2D eigenvalue weighted by molar-refractivity contribution is -0.143. The Morgan fingerprint density at radius 2 is 2.03 bits per heavy atom. The number of aryl methyl sites for hydroxylation is 1. The number of rotatable bonds is 8. The first-order valence-corrected chi connectivity index (χ1v) is 11.1. The van der Waals surface area contributed by atoms with E-state index in [0.717, 1.165) is 17.0 Å². The molecule has 0 aliphatic carbocycles. The largest absolute Gasteiger partial charge is 0.454 e. The summed E-state index contributed by atoms with van der Waals surface area (Å²) < 4.78 is 18.1. The van der Waals surface area contributed by atoms with E-state index < -0.39 is 0 Å². The summed E-state index contributed by atoms with van der Waals surface area (Å²) >= 11 is 0. The van der Waals surface area contributed by atoms with Crippen molar-refractivity contribution in [3.63, 3.8) is 0 Å². The predicted octanol–water partition coefficient (Wildman–Crippen LogP) is 2.56. The molecule has 0 saturated heterocycles. The minimum Gasteiger partial charge on any atom is -0.454 e. The zero-order valence-electron chi connectivity index (χ0n) is 19.5. The minimum absolute atomic E-state index is 0.0641. The molecule has 0 spiro atoms. The van der Waals surface area contributed by atoms with Crippen LogP contribution in [0.5, 0.6) is 11.5 Å². The average molecular weight is 455 g/mol. The molecule has 3 heterocycles. The number of hydrogen-bond acceptors (Lipinski definition) is 6. The van der Waals surface area contributed by atoms with Crippen LogP contribution in [0.4, 0.5) is 0 Å². The average Bonchev–Trinajstić information content (AvgIpc) is 3.54. The second kappa shape index (κ2) is 9.66. The van der Waals surface area contributed by atoms with Gasteiger partial charge in [0.15, 0.2) is 11.5 Å². The molecule has 2 aliphatic heterocycles. The molecule has 1 aromatic carbocycles. The first-order chi connectivity index (χ1) is 15.9. The summed E-state index contributed by atoms with van der Waals surface area (Å²) in [5.74, 6) is 0.786. The fourth-order valence-corrected chi connectivity index (χ4v) is 4.11. The molecule has 4 rings (SSSR count). The Bertz CT molecular complexity index is 1060. The van der Waals surface area contributed by atoms with Crippen LogP contribution in [0.25, 0.3) is 0 Å². The summed E-state index contributed by atoms with van der Waals surface area (Å²) in [5, 5.41) is 6.23. The van der Waals surface area contributed by atoms with Crippen LogP contribution in [0.2, 0.25) is 0 Å². The lowest BCUT2D eigenvalue weighted by atomic mass is 10.00. The van der Waals surface area contributed by atoms with Gasteiger partial charge in [0.05, 0.1) is 24.1 Å². The van der Waals surface area contributed by atoms with Crippen molar-refractivity contribution in [3.05, 3.63) is 47.8 Å². The highest BCUT2D eigenvalue weighted by Gasteiger charge is 2.36. The van der Waals surface area contributed by atoms with Gasteiger partial charge >= 0.3 is 0 Å². The van der Waals surface area contributed by atoms with Crippen molar-refractivity contribution in [1.82, 2.24) is 14.5 Å². The standard InChI is InChI=1S/C24H30N4O5/c1-16(2)24(30)27(10-11-31-4)14-23(29)28-20(13-18(25-28)19-6-5-9-26(19)3)17-7-8-21-22(12-17)33-15-32-21/h5-9,12,16,20H,10-11,13-15H2,1-4H3/t20-/m1/s1. The summed E-state index contributed by atoms with van der Waals surface area (Å²) in [6.07, 6.45) is 2.51. The quantitative estimate of drug-likeness (QED) is 0.612. The van der Waals surface area contributed by atoms with Gasteiger partial charge in [0.2, 0.25) is 12.7 Å². The molecule has 0 fully saturated rings. The minimum atomic E-state index is -0.310. The van der Waals surface area contributed by atoms with Crippen LogP contribution >= 0.6 is 0 Å². The number of ether oxygens (including phenoxy) is 3. The number of amides is 2. The Kier molecular flexibility index (Phi) is 6.69. The van der Waals surface area contributed by atoms with Crippen molar-refractivity contribution >= 4 is 17.5 Å². The molecule has 0 radical (unpaired) electrons. The molecule has 176 valence electrons. The second-order valence-electron chi connectivity index (χ2n) is 8.53. The first kappa shape index (κ1) is 22.8. The maximum atomic E-state index is 13.5. The van der Waals surface area contributed by atoms with Crippen LogP contribution in [-0.2, 0) is 21.4 Å². The summed E-state index contributed by atoms with van der Waals surface area (Å²) in [4.78, 5) is 27.7. The number of hydrogen-bond donors (Lipinski definition) is 0. The van der Waals surface area contributed by atoms with Gasteiger partial charge in [0.1, 0.15) is 6.54 Å². The second-order valence-corrected chi connectivity index (χ2v) is 8.53. The third kappa shape index (κ3) is 4.73. The number of carbonyl (C=O) groups is 2. The molecule has 2 amide bonds. The molecular weight excluding hydrogens is 424 g/mol. The van der Waals surface area contributed by atoms with E-state index in [1.165, 1.54) is 5.01 Å². The van der Waals surface area contributed by atoms with Crippen molar-refractivity contribution in [1.29, 1.82) is 0 Å². The van der Waals surface area contributed by atoms with E-state index in [2.05, 4.69) is 0 Å². The number of hydrazone groups is 1. The molecule has 0 saturated carbocycles. The molecule has 1 atom stereocenters. The predicted molar refractivity (Wildman–Crippen MR) is 122 cm³/mol. The number of nitrogens with zero attached hydrogens (tertiary/aromatic N) is 4. The van der Waals surface area contributed by atoms with Gasteiger partial charge in [-0.2, -0.15) is 5.10 Å². The van der Waals surface area contributed by atoms with Crippen LogP contribution in [0.3, 0.4) is 0 Å². The fraction of sp³-hybridized carbons (Fsp3) is 0.458. The summed E-state index contributed by atoms with van der Waals surface area (Å²) in [7, 11) is 3.53.